The highest BCUT2D eigenvalue weighted by atomic mass is 32.1. The quantitative estimate of drug-likeness (QED) is 0.573. The van der Waals surface area contributed by atoms with Gasteiger partial charge in [-0.3, -0.25) is 4.79 Å². The van der Waals surface area contributed by atoms with Crippen LogP contribution in [0.2, 0.25) is 0 Å². The van der Waals surface area contributed by atoms with Crippen LogP contribution in [0.15, 0.2) is 42.7 Å². The molecule has 0 aromatic carbocycles. The Balaban J connectivity index is 1.45. The van der Waals surface area contributed by atoms with Gasteiger partial charge in [0.15, 0.2) is 5.13 Å². The Morgan fingerprint density at radius 3 is 3.03 bits per heavy atom. The molecular weight excluding hydrogens is 388 g/mol. The van der Waals surface area contributed by atoms with Crippen molar-refractivity contribution >= 4 is 34.0 Å². The Morgan fingerprint density at radius 1 is 1.31 bits per heavy atom. The number of amides is 1. The number of aryl methyl sites for hydroxylation is 1. The van der Waals surface area contributed by atoms with Crippen LogP contribution in [0.4, 0.5) is 16.8 Å². The third-order valence-electron chi connectivity index (χ3n) is 4.63. The molecule has 0 aliphatic carbocycles. The Bertz CT molecular complexity index is 1010. The maximum Gasteiger partial charge on any atom is 0.245 e. The van der Waals surface area contributed by atoms with Crippen LogP contribution in [0.25, 0.3) is 10.6 Å². The number of anilines is 3. The van der Waals surface area contributed by atoms with Crippen molar-refractivity contribution in [3.63, 3.8) is 0 Å². The summed E-state index contributed by atoms with van der Waals surface area (Å²) in [7, 11) is 0. The van der Waals surface area contributed by atoms with Crippen molar-refractivity contribution in [1.82, 2.24) is 20.3 Å². The fourth-order valence-electron chi connectivity index (χ4n) is 3.23. The molecule has 29 heavy (non-hydrogen) atoms. The van der Waals surface area contributed by atoms with Crippen molar-refractivity contribution in [1.29, 1.82) is 0 Å². The number of aromatic nitrogens is 3. The molecule has 0 saturated carbocycles. The Morgan fingerprint density at radius 2 is 2.21 bits per heavy atom. The molecule has 1 saturated heterocycles. The number of pyridine rings is 2. The van der Waals surface area contributed by atoms with Crippen molar-refractivity contribution in [3.05, 3.63) is 48.3 Å². The van der Waals surface area contributed by atoms with E-state index < -0.39 is 6.61 Å². The van der Waals surface area contributed by atoms with E-state index in [1.807, 2.05) is 43.5 Å². The highest BCUT2D eigenvalue weighted by Crippen LogP contribution is 2.32. The molecule has 0 bridgehead atoms. The van der Waals surface area contributed by atoms with Crippen molar-refractivity contribution in [3.8, 4) is 10.6 Å². The van der Waals surface area contributed by atoms with Crippen LogP contribution in [0.1, 0.15) is 12.0 Å². The molecule has 1 atom stereocenters. The van der Waals surface area contributed by atoms with E-state index in [1.54, 1.807) is 17.5 Å². The second kappa shape index (κ2) is 8.54. The Labute approximate surface area is 172 Å². The smallest absolute Gasteiger partial charge is 0.245 e. The molecule has 0 radical (unpaired) electrons. The first-order valence-corrected chi connectivity index (χ1v) is 10.2. The van der Waals surface area contributed by atoms with Crippen molar-refractivity contribution in [2.75, 3.05) is 29.9 Å². The molecule has 1 aliphatic heterocycles. The van der Waals surface area contributed by atoms with Gasteiger partial charge in [0, 0.05) is 31.5 Å². The number of thiazole rings is 1. The number of carbonyl (C=O) groups excluding carboxylic acids is 1. The molecule has 8 nitrogen and oxygen atoms in total. The van der Waals surface area contributed by atoms with Gasteiger partial charge in [0.05, 0.1) is 10.6 Å². The summed E-state index contributed by atoms with van der Waals surface area (Å²) in [5.74, 6) is 1.14. The van der Waals surface area contributed by atoms with E-state index in [4.69, 9.17) is 5.11 Å². The van der Waals surface area contributed by atoms with Gasteiger partial charge in [0.25, 0.3) is 0 Å². The first-order chi connectivity index (χ1) is 14.1. The molecule has 150 valence electrons. The van der Waals surface area contributed by atoms with Crippen LogP contribution in [0, 0.1) is 6.92 Å². The number of aliphatic hydroxyl groups excluding tert-OH is 1. The van der Waals surface area contributed by atoms with Crippen LogP contribution < -0.4 is 15.5 Å². The third kappa shape index (κ3) is 4.69. The zero-order chi connectivity index (χ0) is 20.2. The monoisotopic (exact) mass is 410 g/mol. The van der Waals surface area contributed by atoms with E-state index >= 15 is 0 Å². The fourth-order valence-corrected chi connectivity index (χ4v) is 4.15. The largest absolute Gasteiger partial charge is 0.387 e. The highest BCUT2D eigenvalue weighted by Gasteiger charge is 2.25. The first-order valence-electron chi connectivity index (χ1n) is 9.39. The summed E-state index contributed by atoms with van der Waals surface area (Å²) < 4.78 is 0. The predicted octanol–water partition coefficient (Wildman–Crippen LogP) is 2.34. The minimum atomic E-state index is -0.480. The zero-order valence-corrected chi connectivity index (χ0v) is 16.8. The summed E-state index contributed by atoms with van der Waals surface area (Å²) in [6.07, 6.45) is 4.43. The minimum Gasteiger partial charge on any atom is -0.387 e. The molecule has 4 rings (SSSR count). The van der Waals surface area contributed by atoms with E-state index in [9.17, 15) is 4.79 Å². The van der Waals surface area contributed by atoms with Crippen LogP contribution in [-0.2, 0) is 4.79 Å². The maximum atomic E-state index is 11.4. The average molecular weight is 411 g/mol. The number of hydrogen-bond donors (Lipinski definition) is 3. The van der Waals surface area contributed by atoms with E-state index in [-0.39, 0.29) is 11.9 Å². The molecule has 3 aromatic heterocycles. The van der Waals surface area contributed by atoms with Gasteiger partial charge in [-0.25, -0.2) is 15.0 Å². The minimum absolute atomic E-state index is 0.0366. The number of aliphatic hydroxyl groups is 1. The summed E-state index contributed by atoms with van der Waals surface area (Å²) in [5, 5.41) is 15.8. The zero-order valence-electron chi connectivity index (χ0n) is 16.0. The van der Waals surface area contributed by atoms with Crippen LogP contribution in [0.5, 0.6) is 0 Å². The summed E-state index contributed by atoms with van der Waals surface area (Å²) >= 11 is 1.57. The van der Waals surface area contributed by atoms with Crippen LogP contribution in [0.3, 0.4) is 0 Å². The maximum absolute atomic E-state index is 11.4. The highest BCUT2D eigenvalue weighted by molar-refractivity contribution is 7.18. The van der Waals surface area contributed by atoms with Gasteiger partial charge in [0.1, 0.15) is 18.2 Å². The summed E-state index contributed by atoms with van der Waals surface area (Å²) in [4.78, 5) is 28.0. The Kier molecular flexibility index (Phi) is 5.68. The molecule has 0 spiro atoms. The lowest BCUT2D eigenvalue weighted by Crippen LogP contribution is -2.38. The second-order valence-electron chi connectivity index (χ2n) is 6.92. The number of rotatable bonds is 6. The standard InChI is InChI=1S/C20H22N6O2S/c1-13-5-7-21-18(9-13)25-17-4-2-3-15(24-17)16-10-22-20(29-16)26-8-6-14(11-26)23-19(28)12-27/h2-5,7,9-10,14,27H,6,8,11-12H2,1H3,(H,23,28)(H,21,24,25)/t14-/m1/s1. The van der Waals surface area contributed by atoms with Gasteiger partial charge in [-0.15, -0.1) is 0 Å². The molecule has 1 amide bonds. The van der Waals surface area contributed by atoms with Crippen LogP contribution >= 0.6 is 11.3 Å². The number of nitrogens with zero attached hydrogens (tertiary/aromatic N) is 4. The molecule has 3 aromatic rings. The third-order valence-corrected chi connectivity index (χ3v) is 5.71. The lowest BCUT2D eigenvalue weighted by atomic mass is 10.2. The van der Waals surface area contributed by atoms with Crippen molar-refractivity contribution in [2.45, 2.75) is 19.4 Å². The molecule has 4 heterocycles. The summed E-state index contributed by atoms with van der Waals surface area (Å²) in [6.45, 7) is 3.05. The first kappa shape index (κ1) is 19.3. The molecule has 3 N–H and O–H groups in total. The Hall–Kier alpha value is -3.04. The SMILES string of the molecule is Cc1ccnc(Nc2cccc(-c3cnc(N4CC[C@@H](NC(=O)CO)C4)s3)n2)c1. The van der Waals surface area contributed by atoms with Gasteiger partial charge >= 0.3 is 0 Å². The number of hydrogen-bond acceptors (Lipinski definition) is 8. The molecule has 1 fully saturated rings. The molecule has 0 unspecified atom stereocenters. The van der Waals surface area contributed by atoms with Crippen molar-refractivity contribution in [2.24, 2.45) is 0 Å². The second-order valence-corrected chi connectivity index (χ2v) is 7.92. The predicted molar refractivity (Wildman–Crippen MR) is 113 cm³/mol. The van der Waals surface area contributed by atoms with Gasteiger partial charge in [-0.05, 0) is 43.2 Å². The topological polar surface area (TPSA) is 103 Å². The fraction of sp³-hybridized carbons (Fsp3) is 0.300. The van der Waals surface area contributed by atoms with E-state index in [1.165, 1.54) is 0 Å². The molecule has 1 aliphatic rings. The van der Waals surface area contributed by atoms with E-state index in [2.05, 4.69) is 30.5 Å². The van der Waals surface area contributed by atoms with Gasteiger partial charge in [-0.1, -0.05) is 17.4 Å². The summed E-state index contributed by atoms with van der Waals surface area (Å²) in [6, 6.07) is 9.78. The normalized spacial score (nSPS) is 16.1. The number of nitrogens with one attached hydrogen (secondary N) is 2. The average Bonchev–Trinajstić information content (AvgIpc) is 3.38. The van der Waals surface area contributed by atoms with E-state index in [0.717, 1.165) is 45.9 Å². The molecular formula is C20H22N6O2S. The van der Waals surface area contributed by atoms with Gasteiger partial charge in [-0.2, -0.15) is 0 Å². The van der Waals surface area contributed by atoms with Crippen LogP contribution in [-0.4, -0.2) is 51.7 Å². The number of carbonyl (C=O) groups is 1. The molecule has 9 heteroatoms. The van der Waals surface area contributed by atoms with E-state index in [0.29, 0.717) is 6.54 Å². The summed E-state index contributed by atoms with van der Waals surface area (Å²) in [5.41, 5.74) is 1.97. The van der Waals surface area contributed by atoms with Gasteiger partial charge in [0.2, 0.25) is 5.91 Å². The van der Waals surface area contributed by atoms with Crippen molar-refractivity contribution < 1.29 is 9.90 Å². The van der Waals surface area contributed by atoms with Gasteiger partial charge < -0.3 is 20.6 Å². The lowest BCUT2D eigenvalue weighted by Gasteiger charge is -2.15. The lowest BCUT2D eigenvalue weighted by molar-refractivity contribution is -0.124.